The fourth-order valence-corrected chi connectivity index (χ4v) is 5.81. The minimum absolute atomic E-state index is 1.13. The first kappa shape index (κ1) is 22.3. The molecule has 0 unspecified atom stereocenters. The fraction of sp³-hybridized carbons (Fsp3) is 0. The SMILES string of the molecule is C=Cc1ccc(-c2ccc(-c3c4ccccc4c(-c4cccc5ccccc45)c4ccccc34)cc2)cc1. The van der Waals surface area contributed by atoms with Gasteiger partial charge in [-0.3, -0.25) is 0 Å². The van der Waals surface area contributed by atoms with Gasteiger partial charge in [0.15, 0.2) is 0 Å². The largest absolute Gasteiger partial charge is 0.0985 e. The summed E-state index contributed by atoms with van der Waals surface area (Å²) in [5.41, 5.74) is 8.65. The van der Waals surface area contributed by atoms with E-state index < -0.39 is 0 Å². The van der Waals surface area contributed by atoms with Gasteiger partial charge in [0.2, 0.25) is 0 Å². The summed E-state index contributed by atoms with van der Waals surface area (Å²) in [5.74, 6) is 0. The van der Waals surface area contributed by atoms with Gasteiger partial charge in [0, 0.05) is 0 Å². The minimum atomic E-state index is 1.13. The predicted octanol–water partition coefficient (Wildman–Crippen LogP) is 10.8. The van der Waals surface area contributed by atoms with Crippen LogP contribution < -0.4 is 0 Å². The molecule has 38 heavy (non-hydrogen) atoms. The van der Waals surface area contributed by atoms with Crippen molar-refractivity contribution >= 4 is 38.4 Å². The summed E-state index contributed by atoms with van der Waals surface area (Å²) in [5, 5.41) is 7.65. The third-order valence-corrected chi connectivity index (χ3v) is 7.64. The Morgan fingerprint density at radius 2 is 0.816 bits per heavy atom. The maximum atomic E-state index is 3.87. The highest BCUT2D eigenvalue weighted by Crippen LogP contribution is 2.45. The molecular formula is C38H26. The maximum Gasteiger partial charge on any atom is -0.00201 e. The first-order chi connectivity index (χ1) is 18.8. The van der Waals surface area contributed by atoms with Crippen LogP contribution in [0.2, 0.25) is 0 Å². The van der Waals surface area contributed by atoms with Gasteiger partial charge in [-0.25, -0.2) is 0 Å². The molecule has 0 N–H and O–H groups in total. The molecule has 0 nitrogen and oxygen atoms in total. The van der Waals surface area contributed by atoms with Crippen LogP contribution in [0.3, 0.4) is 0 Å². The molecule has 0 aliphatic carbocycles. The van der Waals surface area contributed by atoms with E-state index in [-0.39, 0.29) is 0 Å². The van der Waals surface area contributed by atoms with Crippen molar-refractivity contribution in [2.45, 2.75) is 0 Å². The van der Waals surface area contributed by atoms with Gasteiger partial charge in [0.1, 0.15) is 0 Å². The van der Waals surface area contributed by atoms with Crippen molar-refractivity contribution in [3.05, 3.63) is 152 Å². The number of fused-ring (bicyclic) bond motifs is 3. The van der Waals surface area contributed by atoms with E-state index in [9.17, 15) is 0 Å². The molecule has 0 spiro atoms. The van der Waals surface area contributed by atoms with Crippen LogP contribution in [0.15, 0.2) is 146 Å². The second-order valence-corrected chi connectivity index (χ2v) is 9.77. The number of benzene rings is 7. The molecule has 0 atom stereocenters. The van der Waals surface area contributed by atoms with Crippen LogP contribution in [0.25, 0.3) is 71.8 Å². The lowest BCUT2D eigenvalue weighted by Gasteiger charge is -2.19. The normalized spacial score (nSPS) is 11.3. The van der Waals surface area contributed by atoms with E-state index in [4.69, 9.17) is 0 Å². The van der Waals surface area contributed by atoms with Crippen molar-refractivity contribution in [1.29, 1.82) is 0 Å². The van der Waals surface area contributed by atoms with Crippen LogP contribution in [0, 0.1) is 0 Å². The van der Waals surface area contributed by atoms with E-state index in [2.05, 4.69) is 146 Å². The number of hydrogen-bond donors (Lipinski definition) is 0. The molecule has 7 aromatic rings. The Labute approximate surface area is 223 Å². The van der Waals surface area contributed by atoms with E-state index in [1.54, 1.807) is 0 Å². The van der Waals surface area contributed by atoms with Gasteiger partial charge in [0.05, 0.1) is 0 Å². The Balaban J connectivity index is 1.49. The second kappa shape index (κ2) is 9.18. The molecule has 0 bridgehead atoms. The lowest BCUT2D eigenvalue weighted by molar-refractivity contribution is 1.60. The van der Waals surface area contributed by atoms with Crippen molar-refractivity contribution in [3.63, 3.8) is 0 Å². The van der Waals surface area contributed by atoms with E-state index in [0.29, 0.717) is 0 Å². The van der Waals surface area contributed by atoms with Crippen molar-refractivity contribution < 1.29 is 0 Å². The summed E-state index contributed by atoms with van der Waals surface area (Å²) in [7, 11) is 0. The average Bonchev–Trinajstić information content (AvgIpc) is 3.00. The molecule has 0 fully saturated rings. The summed E-state index contributed by atoms with van der Waals surface area (Å²) in [6.07, 6.45) is 1.88. The zero-order chi connectivity index (χ0) is 25.5. The summed E-state index contributed by atoms with van der Waals surface area (Å²) in [6.45, 7) is 3.87. The summed E-state index contributed by atoms with van der Waals surface area (Å²) in [4.78, 5) is 0. The van der Waals surface area contributed by atoms with Crippen molar-refractivity contribution in [2.75, 3.05) is 0 Å². The Morgan fingerprint density at radius 3 is 1.39 bits per heavy atom. The van der Waals surface area contributed by atoms with Crippen molar-refractivity contribution in [2.24, 2.45) is 0 Å². The third-order valence-electron chi connectivity index (χ3n) is 7.64. The van der Waals surface area contributed by atoms with E-state index >= 15 is 0 Å². The summed E-state index contributed by atoms with van der Waals surface area (Å²) < 4.78 is 0. The predicted molar refractivity (Wildman–Crippen MR) is 165 cm³/mol. The molecular weight excluding hydrogens is 456 g/mol. The van der Waals surface area contributed by atoms with E-state index in [1.807, 2.05) is 6.08 Å². The zero-order valence-electron chi connectivity index (χ0n) is 21.1. The molecule has 0 aromatic heterocycles. The van der Waals surface area contributed by atoms with E-state index in [0.717, 1.165) is 5.56 Å². The number of hydrogen-bond acceptors (Lipinski definition) is 0. The Bertz CT molecular complexity index is 1890. The number of rotatable bonds is 4. The Kier molecular flexibility index (Phi) is 5.38. The quantitative estimate of drug-likeness (QED) is 0.219. The van der Waals surface area contributed by atoms with Gasteiger partial charge in [-0.05, 0) is 71.3 Å². The second-order valence-electron chi connectivity index (χ2n) is 9.77. The fourth-order valence-electron chi connectivity index (χ4n) is 5.81. The van der Waals surface area contributed by atoms with Crippen LogP contribution in [0.4, 0.5) is 0 Å². The lowest BCUT2D eigenvalue weighted by Crippen LogP contribution is -1.91. The highest BCUT2D eigenvalue weighted by Gasteiger charge is 2.17. The van der Waals surface area contributed by atoms with Gasteiger partial charge < -0.3 is 0 Å². The first-order valence-corrected chi connectivity index (χ1v) is 13.1. The van der Waals surface area contributed by atoms with Crippen LogP contribution in [0.5, 0.6) is 0 Å². The smallest absolute Gasteiger partial charge is 0.00201 e. The Morgan fingerprint density at radius 1 is 0.368 bits per heavy atom. The molecule has 0 heteroatoms. The van der Waals surface area contributed by atoms with Crippen molar-refractivity contribution in [3.8, 4) is 33.4 Å². The monoisotopic (exact) mass is 482 g/mol. The van der Waals surface area contributed by atoms with Gasteiger partial charge in [0.25, 0.3) is 0 Å². The highest BCUT2D eigenvalue weighted by molar-refractivity contribution is 6.23. The highest BCUT2D eigenvalue weighted by atomic mass is 14.2. The topological polar surface area (TPSA) is 0 Å². The van der Waals surface area contributed by atoms with Gasteiger partial charge >= 0.3 is 0 Å². The Hall–Kier alpha value is -4.94. The average molecular weight is 483 g/mol. The third kappa shape index (κ3) is 3.62. The van der Waals surface area contributed by atoms with Crippen molar-refractivity contribution in [1.82, 2.24) is 0 Å². The summed E-state index contributed by atoms with van der Waals surface area (Å²) in [6, 6.07) is 50.6. The molecule has 0 heterocycles. The van der Waals surface area contributed by atoms with Gasteiger partial charge in [-0.1, -0.05) is 152 Å². The van der Waals surface area contributed by atoms with Crippen LogP contribution in [0.1, 0.15) is 5.56 Å². The molecule has 0 saturated carbocycles. The first-order valence-electron chi connectivity index (χ1n) is 13.1. The minimum Gasteiger partial charge on any atom is -0.0985 e. The molecule has 0 aliphatic heterocycles. The molecule has 0 amide bonds. The molecule has 0 saturated heterocycles. The molecule has 178 valence electrons. The molecule has 7 rings (SSSR count). The zero-order valence-corrected chi connectivity index (χ0v) is 21.1. The lowest BCUT2D eigenvalue weighted by atomic mass is 9.84. The molecule has 7 aromatic carbocycles. The van der Waals surface area contributed by atoms with Gasteiger partial charge in [-0.15, -0.1) is 0 Å². The van der Waals surface area contributed by atoms with E-state index in [1.165, 1.54) is 65.7 Å². The maximum absolute atomic E-state index is 3.87. The molecule has 0 radical (unpaired) electrons. The van der Waals surface area contributed by atoms with Crippen LogP contribution in [-0.2, 0) is 0 Å². The van der Waals surface area contributed by atoms with Crippen LogP contribution >= 0.6 is 0 Å². The molecule has 0 aliphatic rings. The summed E-state index contributed by atoms with van der Waals surface area (Å²) >= 11 is 0. The van der Waals surface area contributed by atoms with Gasteiger partial charge in [-0.2, -0.15) is 0 Å². The standard InChI is InChI=1S/C38H26/c1-2-26-18-20-27(21-19-26)28-22-24-30(25-23-28)37-33-13-5-7-15-35(33)38(36-16-8-6-14-34(36)37)32-17-9-11-29-10-3-4-12-31(29)32/h2-25H,1H2. The van der Waals surface area contributed by atoms with Crippen LogP contribution in [-0.4, -0.2) is 0 Å².